The third-order valence-corrected chi connectivity index (χ3v) is 4.55. The van der Waals surface area contributed by atoms with Gasteiger partial charge < -0.3 is 15.3 Å². The summed E-state index contributed by atoms with van der Waals surface area (Å²) in [6, 6.07) is 13.3. The predicted molar refractivity (Wildman–Crippen MR) is 96.0 cm³/mol. The molecule has 0 aliphatic carbocycles. The standard InChI is InChI=1S/C19H18N4O2/c1-11-13-5-3-4-6-14(13)20-23-19(11)16-10-15(21-22-16)12-7-8-17(24)18(9-12)25-2/h3-9,15,21,24H,10H2,1-2H3. The van der Waals surface area contributed by atoms with Crippen LogP contribution in [0.4, 0.5) is 0 Å². The predicted octanol–water partition coefficient (Wildman–Crippen LogP) is 3.09. The van der Waals surface area contributed by atoms with Crippen molar-refractivity contribution in [2.24, 2.45) is 5.10 Å². The molecule has 126 valence electrons. The number of aromatic hydroxyl groups is 1. The Labute approximate surface area is 145 Å². The van der Waals surface area contributed by atoms with Crippen LogP contribution in [-0.2, 0) is 0 Å². The summed E-state index contributed by atoms with van der Waals surface area (Å²) >= 11 is 0. The summed E-state index contributed by atoms with van der Waals surface area (Å²) in [4.78, 5) is 0. The van der Waals surface area contributed by atoms with Crippen molar-refractivity contribution in [1.29, 1.82) is 0 Å². The van der Waals surface area contributed by atoms with Crippen LogP contribution in [0.15, 0.2) is 47.6 Å². The van der Waals surface area contributed by atoms with Crippen molar-refractivity contribution in [2.75, 3.05) is 7.11 Å². The normalized spacial score (nSPS) is 16.6. The lowest BCUT2D eigenvalue weighted by Gasteiger charge is -2.12. The number of phenolic OH excluding ortho intramolecular Hbond substituents is 1. The Morgan fingerprint density at radius 3 is 2.84 bits per heavy atom. The molecule has 6 heteroatoms. The fraction of sp³-hybridized carbons (Fsp3) is 0.211. The molecule has 0 radical (unpaired) electrons. The van der Waals surface area contributed by atoms with Crippen LogP contribution in [-0.4, -0.2) is 28.1 Å². The van der Waals surface area contributed by atoms with E-state index in [0.29, 0.717) is 12.2 Å². The Kier molecular flexibility index (Phi) is 3.72. The number of aryl methyl sites for hydroxylation is 1. The second kappa shape index (κ2) is 6.05. The summed E-state index contributed by atoms with van der Waals surface area (Å²) in [5, 5.41) is 24.0. The summed E-state index contributed by atoms with van der Waals surface area (Å²) < 4.78 is 5.19. The summed E-state index contributed by atoms with van der Waals surface area (Å²) in [6.45, 7) is 2.05. The molecule has 3 aromatic rings. The molecule has 1 aliphatic rings. The van der Waals surface area contributed by atoms with Crippen LogP contribution in [0.1, 0.15) is 29.3 Å². The first-order valence-corrected chi connectivity index (χ1v) is 8.08. The smallest absolute Gasteiger partial charge is 0.160 e. The molecule has 2 heterocycles. The van der Waals surface area contributed by atoms with Crippen molar-refractivity contribution in [3.63, 3.8) is 0 Å². The zero-order chi connectivity index (χ0) is 17.4. The highest BCUT2D eigenvalue weighted by molar-refractivity contribution is 6.04. The Morgan fingerprint density at radius 2 is 2.00 bits per heavy atom. The summed E-state index contributed by atoms with van der Waals surface area (Å²) in [5.74, 6) is 0.580. The van der Waals surface area contributed by atoms with Crippen LogP contribution in [0.5, 0.6) is 11.5 Å². The van der Waals surface area contributed by atoms with E-state index in [2.05, 4.69) is 20.7 Å². The number of phenols is 1. The first kappa shape index (κ1) is 15.4. The molecule has 1 aliphatic heterocycles. The van der Waals surface area contributed by atoms with Gasteiger partial charge in [-0.1, -0.05) is 24.3 Å². The maximum Gasteiger partial charge on any atom is 0.160 e. The average Bonchev–Trinajstić information content (AvgIpc) is 3.12. The number of benzene rings is 2. The number of aromatic nitrogens is 2. The monoisotopic (exact) mass is 334 g/mol. The van der Waals surface area contributed by atoms with Crippen LogP contribution in [0, 0.1) is 6.92 Å². The van der Waals surface area contributed by atoms with Gasteiger partial charge in [-0.15, -0.1) is 10.2 Å². The Balaban J connectivity index is 1.63. The number of fused-ring (bicyclic) bond motifs is 1. The van der Waals surface area contributed by atoms with E-state index in [9.17, 15) is 5.11 Å². The number of hydrazone groups is 1. The second-order valence-electron chi connectivity index (χ2n) is 6.07. The molecule has 2 N–H and O–H groups in total. The highest BCUT2D eigenvalue weighted by atomic mass is 16.5. The number of hydrogen-bond acceptors (Lipinski definition) is 6. The first-order chi connectivity index (χ1) is 12.2. The van der Waals surface area contributed by atoms with Crippen molar-refractivity contribution < 1.29 is 9.84 Å². The minimum atomic E-state index is 0.0113. The van der Waals surface area contributed by atoms with Gasteiger partial charge in [-0.25, -0.2) is 0 Å². The molecule has 0 bridgehead atoms. The van der Waals surface area contributed by atoms with Gasteiger partial charge in [0.25, 0.3) is 0 Å². The van der Waals surface area contributed by atoms with Gasteiger partial charge in [0.15, 0.2) is 11.5 Å². The average molecular weight is 334 g/mol. The number of rotatable bonds is 3. The second-order valence-corrected chi connectivity index (χ2v) is 6.07. The summed E-state index contributed by atoms with van der Waals surface area (Å²) in [6.07, 6.45) is 0.696. The van der Waals surface area contributed by atoms with E-state index in [4.69, 9.17) is 4.74 Å². The molecular weight excluding hydrogens is 316 g/mol. The molecule has 25 heavy (non-hydrogen) atoms. The van der Waals surface area contributed by atoms with Crippen LogP contribution < -0.4 is 10.2 Å². The maximum absolute atomic E-state index is 9.75. The SMILES string of the molecule is COc1cc(C2CC(c3nnc4ccccc4c3C)=NN2)ccc1O. The van der Waals surface area contributed by atoms with Crippen molar-refractivity contribution in [2.45, 2.75) is 19.4 Å². The van der Waals surface area contributed by atoms with Crippen LogP contribution in [0.2, 0.25) is 0 Å². The van der Waals surface area contributed by atoms with E-state index in [1.165, 1.54) is 7.11 Å². The van der Waals surface area contributed by atoms with E-state index < -0.39 is 0 Å². The number of hydrogen-bond donors (Lipinski definition) is 2. The minimum absolute atomic E-state index is 0.0113. The van der Waals surface area contributed by atoms with Gasteiger partial charge in [0, 0.05) is 11.8 Å². The molecule has 1 atom stereocenters. The molecule has 6 nitrogen and oxygen atoms in total. The largest absolute Gasteiger partial charge is 0.504 e. The van der Waals surface area contributed by atoms with Gasteiger partial charge in [0.1, 0.15) is 5.69 Å². The molecule has 1 aromatic heterocycles. The fourth-order valence-corrected chi connectivity index (χ4v) is 3.15. The molecule has 0 saturated heterocycles. The third-order valence-electron chi connectivity index (χ3n) is 4.55. The fourth-order valence-electron chi connectivity index (χ4n) is 3.15. The number of nitrogens with zero attached hydrogens (tertiary/aromatic N) is 3. The summed E-state index contributed by atoms with van der Waals surface area (Å²) in [7, 11) is 1.54. The van der Waals surface area contributed by atoms with Gasteiger partial charge in [0.2, 0.25) is 0 Å². The van der Waals surface area contributed by atoms with Gasteiger partial charge >= 0.3 is 0 Å². The molecule has 0 saturated carbocycles. The van der Waals surface area contributed by atoms with E-state index in [-0.39, 0.29) is 11.8 Å². The van der Waals surface area contributed by atoms with Crippen molar-refractivity contribution in [3.8, 4) is 11.5 Å². The zero-order valence-corrected chi connectivity index (χ0v) is 14.0. The van der Waals surface area contributed by atoms with Crippen LogP contribution in [0.3, 0.4) is 0 Å². The van der Waals surface area contributed by atoms with Gasteiger partial charge in [-0.05, 0) is 36.2 Å². The zero-order valence-electron chi connectivity index (χ0n) is 14.0. The van der Waals surface area contributed by atoms with Gasteiger partial charge in [0.05, 0.1) is 24.4 Å². The Bertz CT molecular complexity index is 984. The lowest BCUT2D eigenvalue weighted by molar-refractivity contribution is 0.372. The van der Waals surface area contributed by atoms with Crippen LogP contribution in [0.25, 0.3) is 10.9 Å². The third kappa shape index (κ3) is 2.65. The topological polar surface area (TPSA) is 79.6 Å². The van der Waals surface area contributed by atoms with E-state index in [0.717, 1.165) is 33.4 Å². The quantitative estimate of drug-likeness (QED) is 0.769. The first-order valence-electron chi connectivity index (χ1n) is 8.08. The van der Waals surface area contributed by atoms with Crippen molar-refractivity contribution in [3.05, 3.63) is 59.3 Å². The lowest BCUT2D eigenvalue weighted by Crippen LogP contribution is -2.11. The van der Waals surface area contributed by atoms with E-state index in [1.807, 2.05) is 43.3 Å². The number of nitrogens with one attached hydrogen (secondary N) is 1. The highest BCUT2D eigenvalue weighted by Crippen LogP contribution is 2.32. The maximum atomic E-state index is 9.75. The number of ether oxygens (including phenoxy) is 1. The van der Waals surface area contributed by atoms with Crippen molar-refractivity contribution >= 4 is 16.6 Å². The molecule has 1 unspecified atom stereocenters. The Hall–Kier alpha value is -3.15. The molecule has 0 spiro atoms. The lowest BCUT2D eigenvalue weighted by atomic mass is 9.98. The Morgan fingerprint density at radius 1 is 1.16 bits per heavy atom. The van der Waals surface area contributed by atoms with E-state index >= 15 is 0 Å². The van der Waals surface area contributed by atoms with Crippen molar-refractivity contribution in [1.82, 2.24) is 15.6 Å². The molecular formula is C19H18N4O2. The minimum Gasteiger partial charge on any atom is -0.504 e. The molecule has 2 aromatic carbocycles. The molecule has 4 rings (SSSR count). The highest BCUT2D eigenvalue weighted by Gasteiger charge is 2.25. The van der Waals surface area contributed by atoms with Crippen LogP contribution >= 0.6 is 0 Å². The molecule has 0 fully saturated rings. The number of methoxy groups -OCH3 is 1. The van der Waals surface area contributed by atoms with Gasteiger partial charge in [-0.3, -0.25) is 0 Å². The van der Waals surface area contributed by atoms with E-state index in [1.54, 1.807) is 6.07 Å². The van der Waals surface area contributed by atoms with Gasteiger partial charge in [-0.2, -0.15) is 5.10 Å². The molecule has 0 amide bonds. The summed E-state index contributed by atoms with van der Waals surface area (Å²) in [5.41, 5.74) is 7.81.